The van der Waals surface area contributed by atoms with Gasteiger partial charge in [-0.05, 0) is 25.1 Å². The van der Waals surface area contributed by atoms with Crippen LogP contribution in [0.2, 0.25) is 0 Å². The van der Waals surface area contributed by atoms with E-state index in [0.29, 0.717) is 13.2 Å². The highest BCUT2D eigenvalue weighted by atomic mass is 16.5. The summed E-state index contributed by atoms with van der Waals surface area (Å²) in [4.78, 5) is 21.6. The minimum atomic E-state index is -0.997. The van der Waals surface area contributed by atoms with Gasteiger partial charge in [-0.25, -0.2) is 4.79 Å². The summed E-state index contributed by atoms with van der Waals surface area (Å²) in [6.45, 7) is 2.61. The zero-order valence-corrected chi connectivity index (χ0v) is 9.63. The van der Waals surface area contributed by atoms with E-state index in [1.54, 1.807) is 29.8 Å². The van der Waals surface area contributed by atoms with E-state index in [-0.39, 0.29) is 12.4 Å². The second-order valence-electron chi connectivity index (χ2n) is 3.35. The van der Waals surface area contributed by atoms with E-state index in [2.05, 4.69) is 0 Å². The van der Waals surface area contributed by atoms with Gasteiger partial charge in [-0.3, -0.25) is 4.79 Å². The Hall–Kier alpha value is -2.04. The maximum absolute atomic E-state index is 11.2. The van der Waals surface area contributed by atoms with Gasteiger partial charge in [0.05, 0.1) is 13.0 Å². The normalized spacial score (nSPS) is 10.6. The Balaban J connectivity index is 2.57. The first-order chi connectivity index (χ1) is 8.13. The van der Waals surface area contributed by atoms with Crippen molar-refractivity contribution in [3.05, 3.63) is 30.1 Å². The molecule has 5 heteroatoms. The zero-order valence-electron chi connectivity index (χ0n) is 9.63. The number of carboxylic acids is 1. The maximum atomic E-state index is 11.2. The van der Waals surface area contributed by atoms with E-state index in [9.17, 15) is 9.59 Å². The van der Waals surface area contributed by atoms with Crippen molar-refractivity contribution in [2.24, 2.45) is 0 Å². The van der Waals surface area contributed by atoms with Crippen LogP contribution in [0, 0.1) is 0 Å². The van der Waals surface area contributed by atoms with Gasteiger partial charge in [-0.15, -0.1) is 0 Å². The number of nitrogens with zero attached hydrogens (tertiary/aromatic N) is 1. The fraction of sp³-hybridized carbons (Fsp3) is 0.333. The van der Waals surface area contributed by atoms with Crippen molar-refractivity contribution in [2.75, 3.05) is 6.61 Å². The molecule has 17 heavy (non-hydrogen) atoms. The Labute approximate surface area is 99.3 Å². The molecule has 0 aliphatic heterocycles. The van der Waals surface area contributed by atoms with Crippen LogP contribution in [-0.2, 0) is 20.9 Å². The first-order valence-corrected chi connectivity index (χ1v) is 5.35. The van der Waals surface area contributed by atoms with Gasteiger partial charge in [-0.1, -0.05) is 0 Å². The number of aliphatic carboxylic acids is 1. The minimum absolute atomic E-state index is 0.255. The van der Waals surface area contributed by atoms with Crippen molar-refractivity contribution in [3.63, 3.8) is 0 Å². The Morgan fingerprint density at radius 3 is 2.94 bits per heavy atom. The molecule has 1 heterocycles. The number of hydrogen-bond acceptors (Lipinski definition) is 3. The van der Waals surface area contributed by atoms with E-state index in [0.717, 1.165) is 11.8 Å². The maximum Gasteiger partial charge on any atom is 0.328 e. The molecular weight excluding hydrogens is 222 g/mol. The van der Waals surface area contributed by atoms with Crippen LogP contribution in [0.3, 0.4) is 0 Å². The Kier molecular flexibility index (Phi) is 5.00. The third kappa shape index (κ3) is 4.55. The number of hydrogen-bond donors (Lipinski definition) is 1. The number of carbonyl (C=O) groups is 2. The summed E-state index contributed by atoms with van der Waals surface area (Å²) in [6.07, 6.45) is 4.63. The summed E-state index contributed by atoms with van der Waals surface area (Å²) >= 11 is 0. The lowest BCUT2D eigenvalue weighted by atomic mass is 10.3. The molecule has 1 N–H and O–H groups in total. The highest BCUT2D eigenvalue weighted by Gasteiger charge is 2.03. The molecule has 92 valence electrons. The van der Waals surface area contributed by atoms with Gasteiger partial charge in [0.2, 0.25) is 0 Å². The summed E-state index contributed by atoms with van der Waals surface area (Å²) in [6, 6.07) is 3.58. The van der Waals surface area contributed by atoms with Crippen LogP contribution >= 0.6 is 0 Å². The lowest BCUT2D eigenvalue weighted by Crippen LogP contribution is -2.09. The molecule has 0 saturated heterocycles. The number of aromatic nitrogens is 1. The van der Waals surface area contributed by atoms with Gasteiger partial charge in [0, 0.05) is 24.5 Å². The van der Waals surface area contributed by atoms with Crippen molar-refractivity contribution < 1.29 is 19.4 Å². The molecule has 1 rings (SSSR count). The fourth-order valence-electron chi connectivity index (χ4n) is 1.38. The summed E-state index contributed by atoms with van der Waals surface area (Å²) < 4.78 is 6.62. The van der Waals surface area contributed by atoms with Gasteiger partial charge in [-0.2, -0.15) is 0 Å². The molecule has 1 aromatic rings. The Bertz CT molecular complexity index is 420. The highest BCUT2D eigenvalue weighted by Crippen LogP contribution is 2.06. The minimum Gasteiger partial charge on any atom is -0.478 e. The van der Waals surface area contributed by atoms with Crippen LogP contribution in [0.4, 0.5) is 0 Å². The third-order valence-corrected chi connectivity index (χ3v) is 2.12. The first-order valence-electron chi connectivity index (χ1n) is 5.35. The lowest BCUT2D eigenvalue weighted by Gasteiger charge is -2.05. The zero-order chi connectivity index (χ0) is 12.7. The van der Waals surface area contributed by atoms with Crippen LogP contribution in [0.5, 0.6) is 0 Å². The molecule has 5 nitrogen and oxygen atoms in total. The fourth-order valence-corrected chi connectivity index (χ4v) is 1.38. The monoisotopic (exact) mass is 237 g/mol. The molecule has 0 fully saturated rings. The second kappa shape index (κ2) is 6.52. The molecule has 0 bridgehead atoms. The van der Waals surface area contributed by atoms with Crippen molar-refractivity contribution in [3.8, 4) is 0 Å². The molecule has 0 aliphatic rings. The summed E-state index contributed by atoms with van der Waals surface area (Å²) in [5, 5.41) is 8.52. The average Bonchev–Trinajstić information content (AvgIpc) is 2.71. The Morgan fingerprint density at radius 1 is 1.53 bits per heavy atom. The topological polar surface area (TPSA) is 68.5 Å². The van der Waals surface area contributed by atoms with Crippen LogP contribution in [0.1, 0.15) is 19.0 Å². The highest BCUT2D eigenvalue weighted by molar-refractivity contribution is 5.84. The standard InChI is InChI=1S/C12H15NO4/c1-2-17-12(16)7-9-13-8-3-4-10(13)5-6-11(14)15/h3-6,8H,2,7,9H2,1H3,(H,14,15)/b6-5+. The molecule has 0 radical (unpaired) electrons. The van der Waals surface area contributed by atoms with Gasteiger partial charge in [0.1, 0.15) is 0 Å². The predicted octanol–water partition coefficient (Wildman–Crippen LogP) is 1.54. The van der Waals surface area contributed by atoms with E-state index < -0.39 is 5.97 Å². The number of rotatable bonds is 6. The van der Waals surface area contributed by atoms with Crippen LogP contribution < -0.4 is 0 Å². The van der Waals surface area contributed by atoms with Crippen LogP contribution in [-0.4, -0.2) is 28.2 Å². The molecule has 0 atom stereocenters. The van der Waals surface area contributed by atoms with E-state index in [1.807, 2.05) is 0 Å². The van der Waals surface area contributed by atoms with Crippen molar-refractivity contribution in [1.29, 1.82) is 0 Å². The molecule has 0 aromatic carbocycles. The van der Waals surface area contributed by atoms with Crippen molar-refractivity contribution >= 4 is 18.0 Å². The summed E-state index contributed by atoms with van der Waals surface area (Å²) in [5.41, 5.74) is 0.747. The number of esters is 1. The smallest absolute Gasteiger partial charge is 0.328 e. The lowest BCUT2D eigenvalue weighted by molar-refractivity contribution is -0.143. The van der Waals surface area contributed by atoms with E-state index in [1.165, 1.54) is 6.08 Å². The van der Waals surface area contributed by atoms with Crippen LogP contribution in [0.25, 0.3) is 6.08 Å². The van der Waals surface area contributed by atoms with Crippen molar-refractivity contribution in [2.45, 2.75) is 19.9 Å². The third-order valence-electron chi connectivity index (χ3n) is 2.12. The summed E-state index contributed by atoms with van der Waals surface area (Å²) in [7, 11) is 0. The number of aryl methyl sites for hydroxylation is 1. The first kappa shape index (κ1) is 13.0. The van der Waals surface area contributed by atoms with Gasteiger partial charge in [0.25, 0.3) is 0 Å². The molecule has 1 aromatic heterocycles. The molecule has 0 unspecified atom stereocenters. The molecule has 0 amide bonds. The van der Waals surface area contributed by atoms with E-state index in [4.69, 9.17) is 9.84 Å². The predicted molar refractivity (Wildman–Crippen MR) is 62.4 cm³/mol. The number of ether oxygens (including phenoxy) is 1. The number of carbonyl (C=O) groups excluding carboxylic acids is 1. The molecule has 0 saturated carbocycles. The van der Waals surface area contributed by atoms with E-state index >= 15 is 0 Å². The Morgan fingerprint density at radius 2 is 2.29 bits per heavy atom. The molecule has 0 spiro atoms. The van der Waals surface area contributed by atoms with Gasteiger partial charge >= 0.3 is 11.9 Å². The quantitative estimate of drug-likeness (QED) is 0.602. The average molecular weight is 237 g/mol. The van der Waals surface area contributed by atoms with Gasteiger partial charge < -0.3 is 14.4 Å². The van der Waals surface area contributed by atoms with Gasteiger partial charge in [0.15, 0.2) is 0 Å². The largest absolute Gasteiger partial charge is 0.478 e. The van der Waals surface area contributed by atoms with Crippen molar-refractivity contribution in [1.82, 2.24) is 4.57 Å². The van der Waals surface area contributed by atoms with Crippen LogP contribution in [0.15, 0.2) is 24.4 Å². The molecule has 0 aliphatic carbocycles. The SMILES string of the molecule is CCOC(=O)CCn1cccc1/C=C/C(=O)O. The second-order valence-corrected chi connectivity index (χ2v) is 3.35. The number of carboxylic acid groups (broad SMARTS) is 1. The summed E-state index contributed by atoms with van der Waals surface area (Å²) in [5.74, 6) is -1.25. The molecular formula is C12H15NO4.